The molecule has 2 aromatic carbocycles. The first-order valence-electron chi connectivity index (χ1n) is 15.4. The zero-order valence-electron chi connectivity index (χ0n) is 27.1. The van der Waals surface area contributed by atoms with Gasteiger partial charge in [-0.1, -0.05) is 6.92 Å². The lowest BCUT2D eigenvalue weighted by atomic mass is 9.79. The van der Waals surface area contributed by atoms with Gasteiger partial charge in [0.05, 0.1) is 27.9 Å². The predicted molar refractivity (Wildman–Crippen MR) is 173 cm³/mol. The number of thioether (sulfide) groups is 1. The molecule has 0 saturated carbocycles. The molecule has 1 unspecified atom stereocenters. The number of ether oxygens (including phenoxy) is 2. The van der Waals surface area contributed by atoms with E-state index in [-0.39, 0.29) is 55.1 Å². The molecule has 16 nitrogen and oxygen atoms in total. The van der Waals surface area contributed by atoms with Crippen LogP contribution < -0.4 is 0 Å². The quantitative estimate of drug-likeness (QED) is 0.156. The Bertz CT molecular complexity index is 1700. The Hall–Kier alpha value is -5.03. The van der Waals surface area contributed by atoms with Crippen molar-refractivity contribution in [2.24, 2.45) is 11.8 Å². The number of nitrogens with zero attached hydrogens (tertiary/aromatic N) is 5. The Balaban J connectivity index is 1.35. The van der Waals surface area contributed by atoms with Crippen LogP contribution in [-0.2, 0) is 37.1 Å². The van der Waals surface area contributed by atoms with E-state index < -0.39 is 57.2 Å². The molecule has 0 spiro atoms. The molecule has 5 rings (SSSR count). The molecule has 0 radical (unpaired) electrons. The lowest BCUT2D eigenvalue weighted by molar-refractivity contribution is -0.385. The van der Waals surface area contributed by atoms with Crippen LogP contribution in [0.25, 0.3) is 0 Å². The van der Waals surface area contributed by atoms with Crippen LogP contribution in [0.3, 0.4) is 0 Å². The van der Waals surface area contributed by atoms with Gasteiger partial charge in [-0.05, 0) is 48.7 Å². The van der Waals surface area contributed by atoms with Crippen molar-refractivity contribution < 1.29 is 43.6 Å². The maximum absolute atomic E-state index is 13.6. The Labute approximate surface area is 284 Å². The Morgan fingerprint density at radius 1 is 0.980 bits per heavy atom. The number of hydrogen-bond donors (Lipinski definition) is 1. The minimum atomic E-state index is -0.965. The van der Waals surface area contributed by atoms with Crippen molar-refractivity contribution in [3.63, 3.8) is 0 Å². The second-order valence-electron chi connectivity index (χ2n) is 12.3. The number of nitro benzene ring substituents is 2. The Kier molecular flexibility index (Phi) is 10.2. The lowest BCUT2D eigenvalue weighted by Crippen LogP contribution is -2.63. The van der Waals surface area contributed by atoms with E-state index >= 15 is 0 Å². The van der Waals surface area contributed by atoms with Crippen LogP contribution in [0.1, 0.15) is 31.4 Å². The maximum Gasteiger partial charge on any atom is 0.410 e. The van der Waals surface area contributed by atoms with Gasteiger partial charge in [-0.15, -0.1) is 11.8 Å². The van der Waals surface area contributed by atoms with Crippen molar-refractivity contribution in [2.75, 3.05) is 20.6 Å². The number of carbonyl (C=O) groups is 4. The summed E-state index contributed by atoms with van der Waals surface area (Å²) in [7, 11) is 3.13. The van der Waals surface area contributed by atoms with Gasteiger partial charge in [0.2, 0.25) is 11.8 Å². The van der Waals surface area contributed by atoms with Gasteiger partial charge < -0.3 is 24.4 Å². The highest BCUT2D eigenvalue weighted by Crippen LogP contribution is 2.52. The van der Waals surface area contributed by atoms with Crippen LogP contribution in [0, 0.1) is 32.1 Å². The van der Waals surface area contributed by atoms with Crippen molar-refractivity contribution in [3.05, 3.63) is 90.5 Å². The van der Waals surface area contributed by atoms with Crippen LogP contribution in [0.15, 0.2) is 59.1 Å². The topological polar surface area (TPSA) is 203 Å². The summed E-state index contributed by atoms with van der Waals surface area (Å²) in [4.78, 5) is 78.8. The van der Waals surface area contributed by atoms with E-state index in [0.29, 0.717) is 16.0 Å². The average Bonchev–Trinajstić information content (AvgIpc) is 3.59. The third-order valence-electron chi connectivity index (χ3n) is 8.85. The minimum Gasteiger partial charge on any atom is -0.456 e. The van der Waals surface area contributed by atoms with E-state index in [1.54, 1.807) is 14.1 Å². The molecule has 3 aliphatic rings. The summed E-state index contributed by atoms with van der Waals surface area (Å²) in [6.45, 7) is 3.04. The highest BCUT2D eigenvalue weighted by Gasteiger charge is 2.60. The fraction of sp³-hybridized carbons (Fsp3) is 0.438. The number of esters is 1. The van der Waals surface area contributed by atoms with Gasteiger partial charge in [-0.25, -0.2) is 9.59 Å². The number of benzene rings is 2. The number of amides is 3. The molecule has 49 heavy (non-hydrogen) atoms. The van der Waals surface area contributed by atoms with E-state index in [4.69, 9.17) is 9.47 Å². The van der Waals surface area contributed by atoms with Crippen LogP contribution in [0.5, 0.6) is 0 Å². The van der Waals surface area contributed by atoms with Gasteiger partial charge in [-0.2, -0.15) is 0 Å². The highest BCUT2D eigenvalue weighted by molar-refractivity contribution is 8.03. The fourth-order valence-electron chi connectivity index (χ4n) is 6.34. The summed E-state index contributed by atoms with van der Waals surface area (Å²) in [6, 6.07) is 9.66. The number of non-ortho nitro benzene ring substituents is 2. The highest BCUT2D eigenvalue weighted by atomic mass is 32.2. The molecular formula is C32H35N5O11S. The number of carbonyl (C=O) groups excluding carboxylic acids is 4. The second kappa shape index (κ2) is 14.2. The zero-order valence-corrected chi connectivity index (χ0v) is 27.9. The summed E-state index contributed by atoms with van der Waals surface area (Å²) in [5.41, 5.74) is 0.814. The molecule has 3 heterocycles. The van der Waals surface area contributed by atoms with Crippen LogP contribution in [0.2, 0.25) is 0 Å². The largest absolute Gasteiger partial charge is 0.456 e. The average molecular weight is 698 g/mol. The van der Waals surface area contributed by atoms with Crippen molar-refractivity contribution in [3.8, 4) is 0 Å². The number of aliphatic hydroxyl groups is 1. The van der Waals surface area contributed by atoms with Gasteiger partial charge in [0.25, 0.3) is 11.4 Å². The first kappa shape index (κ1) is 35.3. The van der Waals surface area contributed by atoms with E-state index in [9.17, 15) is 44.5 Å². The van der Waals surface area contributed by atoms with E-state index in [1.807, 2.05) is 6.92 Å². The van der Waals surface area contributed by atoms with Crippen molar-refractivity contribution >= 4 is 47.0 Å². The molecule has 17 heteroatoms. The van der Waals surface area contributed by atoms with Crippen LogP contribution in [0.4, 0.5) is 16.2 Å². The number of fused-ring (bicyclic) bond motifs is 1. The molecule has 0 bridgehead atoms. The molecule has 260 valence electrons. The normalized spacial score (nSPS) is 23.4. The third-order valence-corrected chi connectivity index (χ3v) is 10.3. The predicted octanol–water partition coefficient (Wildman–Crippen LogP) is 3.22. The lowest BCUT2D eigenvalue weighted by Gasteiger charge is -2.46. The van der Waals surface area contributed by atoms with Crippen molar-refractivity contribution in [1.29, 1.82) is 0 Å². The van der Waals surface area contributed by atoms with Crippen LogP contribution >= 0.6 is 11.8 Å². The number of likely N-dealkylation sites (tertiary alicyclic amines) is 1. The standard InChI is InChI=1S/C32H35N5O11S/c1-17-26-25(18(2)38)30(40)35(26)27(31(41)47-15-19-5-9-21(10-6-19)36(43)44)28(17)49-23-13-24(29(39)33(3)4)34(14-23)32(42)48-16-20-7-11-22(12-8-20)37(45)46/h5-12,17-18,23-26,38H,13-16H2,1-4H3/t17-,18-,23+,24+,25-,26?/m1/s1. The molecule has 2 saturated heterocycles. The number of hydrogen-bond acceptors (Lipinski definition) is 12. The zero-order chi connectivity index (χ0) is 35.7. The fourth-order valence-corrected chi connectivity index (χ4v) is 7.86. The van der Waals surface area contributed by atoms with Crippen molar-refractivity contribution in [2.45, 2.75) is 56.9 Å². The van der Waals surface area contributed by atoms with E-state index in [2.05, 4.69) is 0 Å². The van der Waals surface area contributed by atoms with Gasteiger partial charge in [0.15, 0.2) is 0 Å². The monoisotopic (exact) mass is 697 g/mol. The summed E-state index contributed by atoms with van der Waals surface area (Å²) >= 11 is 1.27. The molecule has 2 aromatic rings. The van der Waals surface area contributed by atoms with Gasteiger partial charge in [0.1, 0.15) is 25.0 Å². The Morgan fingerprint density at radius 2 is 1.51 bits per heavy atom. The summed E-state index contributed by atoms with van der Waals surface area (Å²) in [6.07, 6.45) is -1.51. The number of β-lactam (4-membered cyclic amide) rings is 1. The molecule has 0 aliphatic carbocycles. The molecular weight excluding hydrogens is 662 g/mol. The SMILES string of the molecule is C[C@H]1C(S[C@H]2C[C@@H](C(=O)N(C)C)N(C(=O)OCc3ccc([N+](=O)[O-])cc3)C2)=C(C(=O)OCc2ccc([N+](=O)[O-])cc2)N2C(=O)[C@H]([C@@H](C)O)C12. The van der Waals surface area contributed by atoms with Gasteiger partial charge in [0, 0.05) is 61.0 Å². The summed E-state index contributed by atoms with van der Waals surface area (Å²) in [5, 5.41) is 31.9. The van der Waals surface area contributed by atoms with Gasteiger partial charge >= 0.3 is 12.1 Å². The Morgan fingerprint density at radius 3 is 2.00 bits per heavy atom. The number of rotatable bonds is 11. The number of likely N-dealkylation sites (N-methyl/N-ethyl adjacent to an activating group) is 1. The molecule has 6 atom stereocenters. The molecule has 1 N–H and O–H groups in total. The molecule has 3 aliphatic heterocycles. The summed E-state index contributed by atoms with van der Waals surface area (Å²) in [5.74, 6) is -2.66. The molecule has 0 aromatic heterocycles. The smallest absolute Gasteiger partial charge is 0.410 e. The van der Waals surface area contributed by atoms with Crippen LogP contribution in [-0.4, -0.2) is 97.6 Å². The first-order valence-corrected chi connectivity index (χ1v) is 16.3. The van der Waals surface area contributed by atoms with E-state index in [1.165, 1.54) is 81.9 Å². The first-order chi connectivity index (χ1) is 23.2. The van der Waals surface area contributed by atoms with Crippen molar-refractivity contribution in [1.82, 2.24) is 14.7 Å². The number of nitro groups is 2. The minimum absolute atomic E-state index is 0.0287. The van der Waals surface area contributed by atoms with Gasteiger partial charge in [-0.3, -0.25) is 34.7 Å². The third kappa shape index (κ3) is 7.07. The maximum atomic E-state index is 13.6. The molecule has 2 fully saturated rings. The summed E-state index contributed by atoms with van der Waals surface area (Å²) < 4.78 is 11.1. The molecule has 3 amide bonds. The second-order valence-corrected chi connectivity index (χ2v) is 13.7. The van der Waals surface area contributed by atoms with E-state index in [0.717, 1.165) is 0 Å². The number of aliphatic hydroxyl groups excluding tert-OH is 1.